The summed E-state index contributed by atoms with van der Waals surface area (Å²) in [7, 11) is 3.55. The smallest absolute Gasteiger partial charge is 0.321 e. The van der Waals surface area contributed by atoms with Crippen LogP contribution in [-0.2, 0) is 35.8 Å². The van der Waals surface area contributed by atoms with E-state index >= 15 is 0 Å². The number of carbonyl (C=O) groups is 4. The molecule has 210 valence electrons. The van der Waals surface area contributed by atoms with Gasteiger partial charge in [0.05, 0.1) is 18.9 Å². The summed E-state index contributed by atoms with van der Waals surface area (Å²) in [4.78, 5) is 50.9. The number of carboxylic acids is 2. The minimum absolute atomic E-state index is 0.0700. The summed E-state index contributed by atoms with van der Waals surface area (Å²) in [5.74, 6) is -2.31. The Bertz CT molecular complexity index is 1280. The number of likely N-dealkylation sites (N-methyl/N-ethyl adjacent to an activating group) is 1. The molecule has 1 saturated heterocycles. The molecule has 2 heterocycles. The van der Waals surface area contributed by atoms with Gasteiger partial charge in [0.2, 0.25) is 0 Å². The van der Waals surface area contributed by atoms with Gasteiger partial charge in [0, 0.05) is 29.9 Å². The van der Waals surface area contributed by atoms with Gasteiger partial charge in [-0.25, -0.2) is 0 Å². The van der Waals surface area contributed by atoms with Gasteiger partial charge in [-0.05, 0) is 50.6 Å². The third kappa shape index (κ3) is 4.00. The number of benzene rings is 1. The number of likely N-dealkylation sites (tertiary alicyclic amines) is 1. The Balaban J connectivity index is 1.62. The van der Waals surface area contributed by atoms with Crippen molar-refractivity contribution in [3.63, 3.8) is 0 Å². The van der Waals surface area contributed by atoms with Gasteiger partial charge >= 0.3 is 17.9 Å². The van der Waals surface area contributed by atoms with Crippen molar-refractivity contribution in [3.8, 4) is 11.5 Å². The number of hydrogen-bond acceptors (Lipinski definition) is 10. The number of nitrogens with zero attached hydrogens (tertiary/aromatic N) is 1. The van der Waals surface area contributed by atoms with Gasteiger partial charge in [-0.2, -0.15) is 0 Å². The lowest BCUT2D eigenvalue weighted by molar-refractivity contribution is -0.152. The maximum atomic E-state index is 13.4. The molecule has 0 saturated carbocycles. The first kappa shape index (κ1) is 27.1. The van der Waals surface area contributed by atoms with E-state index in [9.17, 15) is 24.3 Å². The Morgan fingerprint density at radius 3 is 2.51 bits per heavy atom. The van der Waals surface area contributed by atoms with Crippen LogP contribution >= 0.6 is 0 Å². The molecule has 1 aromatic rings. The Labute approximate surface area is 224 Å². The Hall–Kier alpha value is -3.48. The van der Waals surface area contributed by atoms with E-state index in [-0.39, 0.29) is 30.4 Å². The summed E-state index contributed by atoms with van der Waals surface area (Å²) in [6.07, 6.45) is 1.81. The van der Waals surface area contributed by atoms with Gasteiger partial charge < -0.3 is 40.8 Å². The normalized spacial score (nSPS) is 29.8. The van der Waals surface area contributed by atoms with Crippen LogP contribution in [0.5, 0.6) is 11.5 Å². The second-order valence-electron chi connectivity index (χ2n) is 11.0. The van der Waals surface area contributed by atoms with Gasteiger partial charge in [-0.1, -0.05) is 6.07 Å². The fraction of sp³-hybridized carbons (Fsp3) is 0.556. The van der Waals surface area contributed by atoms with Crippen LogP contribution in [0, 0.1) is 5.41 Å². The summed E-state index contributed by atoms with van der Waals surface area (Å²) in [6.45, 7) is 0.691. The molecule has 0 amide bonds. The number of methoxy groups -OCH3 is 1. The number of carboxylic acid groups (broad SMARTS) is 2. The summed E-state index contributed by atoms with van der Waals surface area (Å²) < 4.78 is 17.9. The fourth-order valence-electron chi connectivity index (χ4n) is 7.34. The Kier molecular flexibility index (Phi) is 6.68. The van der Waals surface area contributed by atoms with E-state index in [1.807, 2.05) is 19.2 Å². The topological polar surface area (TPSA) is 192 Å². The monoisotopic (exact) mass is 543 g/mol. The van der Waals surface area contributed by atoms with E-state index < -0.39 is 53.3 Å². The van der Waals surface area contributed by atoms with Crippen molar-refractivity contribution in [2.24, 2.45) is 16.9 Å². The second kappa shape index (κ2) is 9.61. The number of rotatable bonds is 10. The van der Waals surface area contributed by atoms with Gasteiger partial charge in [-0.3, -0.25) is 19.2 Å². The van der Waals surface area contributed by atoms with Crippen molar-refractivity contribution in [2.45, 2.75) is 68.2 Å². The first-order valence-electron chi connectivity index (χ1n) is 12.9. The lowest BCUT2D eigenvalue weighted by Crippen LogP contribution is -2.70. The molecule has 5 rings (SSSR count). The summed E-state index contributed by atoms with van der Waals surface area (Å²) in [5.41, 5.74) is 11.8. The molecule has 6 N–H and O–H groups in total. The Morgan fingerprint density at radius 2 is 1.85 bits per heavy atom. The van der Waals surface area contributed by atoms with Crippen LogP contribution in [0.1, 0.15) is 43.2 Å². The number of carbonyl (C=O) groups excluding carboxylic acids is 2. The third-order valence-corrected chi connectivity index (χ3v) is 9.03. The molecule has 1 aromatic carbocycles. The summed E-state index contributed by atoms with van der Waals surface area (Å²) in [5, 5.41) is 18.4. The van der Waals surface area contributed by atoms with Gasteiger partial charge in [0.15, 0.2) is 17.6 Å². The number of piperidine rings is 1. The number of aliphatic carboxylic acids is 2. The van der Waals surface area contributed by atoms with Gasteiger partial charge in [0.1, 0.15) is 23.6 Å². The van der Waals surface area contributed by atoms with E-state index in [4.69, 9.17) is 30.8 Å². The number of ether oxygens (including phenoxy) is 3. The van der Waals surface area contributed by atoms with Crippen molar-refractivity contribution in [1.29, 1.82) is 0 Å². The number of Topliss-reactive ketones (excluding diaryl/α,β-unsaturated/α-hetero) is 1. The quantitative estimate of drug-likeness (QED) is 0.296. The highest BCUT2D eigenvalue weighted by Gasteiger charge is 2.72. The van der Waals surface area contributed by atoms with Crippen LogP contribution < -0.4 is 20.9 Å². The van der Waals surface area contributed by atoms with E-state index in [0.717, 1.165) is 11.1 Å². The molecule has 6 atom stereocenters. The van der Waals surface area contributed by atoms with Crippen molar-refractivity contribution < 1.29 is 43.6 Å². The molecular formula is C27H33N3O9. The molecule has 12 nitrogen and oxygen atoms in total. The van der Waals surface area contributed by atoms with E-state index in [0.29, 0.717) is 37.3 Å². The molecule has 2 bridgehead atoms. The molecule has 0 radical (unpaired) electrons. The number of nitrogens with two attached hydrogens (primary N) is 2. The minimum atomic E-state index is -1.41. The van der Waals surface area contributed by atoms with Crippen LogP contribution in [0.2, 0.25) is 0 Å². The van der Waals surface area contributed by atoms with Crippen molar-refractivity contribution in [2.75, 3.05) is 20.7 Å². The van der Waals surface area contributed by atoms with Crippen LogP contribution in [0.15, 0.2) is 24.0 Å². The molecular weight excluding hydrogens is 510 g/mol. The van der Waals surface area contributed by atoms with E-state index in [1.165, 1.54) is 7.11 Å². The average Bonchev–Trinajstić information content (AvgIpc) is 3.23. The lowest BCUT2D eigenvalue weighted by atomic mass is 9.43. The number of esters is 1. The molecule has 2 aliphatic heterocycles. The number of hydrogen-bond donors (Lipinski definition) is 4. The number of allylic oxidation sites excluding steroid dienone is 1. The third-order valence-electron chi connectivity index (χ3n) is 9.03. The molecule has 1 spiro atoms. The van der Waals surface area contributed by atoms with Gasteiger partial charge in [-0.15, -0.1) is 0 Å². The largest absolute Gasteiger partial charge is 0.493 e. The van der Waals surface area contributed by atoms with Crippen LogP contribution in [0.4, 0.5) is 0 Å². The maximum Gasteiger partial charge on any atom is 0.321 e. The lowest BCUT2D eigenvalue weighted by Gasteiger charge is -2.64. The van der Waals surface area contributed by atoms with Crippen molar-refractivity contribution >= 4 is 23.7 Å². The van der Waals surface area contributed by atoms with Crippen LogP contribution in [0.3, 0.4) is 0 Å². The van der Waals surface area contributed by atoms with E-state index in [1.54, 1.807) is 6.08 Å². The molecule has 4 aliphatic rings. The first-order chi connectivity index (χ1) is 18.4. The standard InChI is InChI=1S/C27H33N3O9/c1-30-8-7-27-21-13-3-4-17(37-2)22(21)39-23(27)18(38-20(32)11-16(29)25(35)36)5-6-26(27,19(30)9-13)12-14(31)10-15(28)24(33)34/h3-5,15-16,19,23H,6-12,28-29H2,1-2H3,(H,33,34)(H,35,36)/t15-,16-,19+,23?,26+,27?/m0/s1. The second-order valence-corrected chi connectivity index (χ2v) is 11.0. The van der Waals surface area contributed by atoms with Crippen LogP contribution in [0.25, 0.3) is 0 Å². The summed E-state index contributed by atoms with van der Waals surface area (Å²) >= 11 is 0. The zero-order chi connectivity index (χ0) is 28.3. The SMILES string of the molecule is COc1ccc2c3c1OC1C(OC(=O)C[C@H](N)C(=O)O)=CC[C@@]4(CC(=O)C[C@H](N)C(=O)O)[C@@H](C2)N(C)CCC314. The van der Waals surface area contributed by atoms with Crippen LogP contribution in [-0.4, -0.2) is 83.7 Å². The predicted octanol–water partition coefficient (Wildman–Crippen LogP) is 0.335. The van der Waals surface area contributed by atoms with E-state index in [2.05, 4.69) is 4.90 Å². The summed E-state index contributed by atoms with van der Waals surface area (Å²) in [6, 6.07) is 1.04. The maximum absolute atomic E-state index is 13.4. The molecule has 0 aromatic heterocycles. The minimum Gasteiger partial charge on any atom is -0.493 e. The molecule has 12 heteroatoms. The zero-order valence-corrected chi connectivity index (χ0v) is 21.8. The highest BCUT2D eigenvalue weighted by atomic mass is 16.6. The highest BCUT2D eigenvalue weighted by molar-refractivity contribution is 5.87. The molecule has 2 unspecified atom stereocenters. The molecule has 2 aliphatic carbocycles. The zero-order valence-electron chi connectivity index (χ0n) is 21.8. The van der Waals surface area contributed by atoms with Crippen molar-refractivity contribution in [1.82, 2.24) is 4.90 Å². The number of ketones is 1. The molecule has 1 fully saturated rings. The first-order valence-corrected chi connectivity index (χ1v) is 12.9. The fourth-order valence-corrected chi connectivity index (χ4v) is 7.34. The average molecular weight is 544 g/mol. The van der Waals surface area contributed by atoms with Gasteiger partial charge in [0.25, 0.3) is 0 Å². The predicted molar refractivity (Wildman–Crippen MR) is 135 cm³/mol. The Morgan fingerprint density at radius 1 is 1.15 bits per heavy atom. The van der Waals surface area contributed by atoms with Crippen molar-refractivity contribution in [3.05, 3.63) is 35.1 Å². The molecule has 39 heavy (non-hydrogen) atoms. The highest BCUT2D eigenvalue weighted by Crippen LogP contribution is 2.70.